The molecule has 0 saturated heterocycles. The van der Waals surface area contributed by atoms with Crippen molar-refractivity contribution in [1.29, 1.82) is 0 Å². The van der Waals surface area contributed by atoms with Crippen LogP contribution in [0.3, 0.4) is 0 Å². The van der Waals surface area contributed by atoms with Gasteiger partial charge in [0.1, 0.15) is 70.2 Å². The monoisotopic (exact) mass is 1620 g/mol. The lowest BCUT2D eigenvalue weighted by Gasteiger charge is -2.33. The normalized spacial score (nSPS) is 15.5. The maximum Gasteiger partial charge on any atom is 0.323 e. The Morgan fingerprint density at radius 2 is 0.429 bits per heavy atom. The second kappa shape index (κ2) is 41.2. The molecule has 0 saturated carbocycles. The van der Waals surface area contributed by atoms with Crippen molar-refractivity contribution in [2.75, 3.05) is 26.4 Å². The van der Waals surface area contributed by atoms with E-state index in [-0.39, 0.29) is 143 Å². The van der Waals surface area contributed by atoms with Crippen molar-refractivity contribution >= 4 is 73.5 Å². The second-order valence-corrected chi connectivity index (χ2v) is 29.7. The molecule has 1 aliphatic carbocycles. The highest BCUT2D eigenvalue weighted by molar-refractivity contribution is 5.86. The van der Waals surface area contributed by atoms with E-state index in [2.05, 4.69) is 21.3 Å². The van der Waals surface area contributed by atoms with Gasteiger partial charge in [-0.3, -0.25) is 40.4 Å². The summed E-state index contributed by atoms with van der Waals surface area (Å²) < 4.78 is 22.4. The van der Waals surface area contributed by atoms with Crippen LogP contribution in [0.25, 0.3) is 0 Å². The molecule has 1 aliphatic rings. The molecule has 0 spiro atoms. The number of ether oxygens (including phenoxy) is 4. The van der Waals surface area contributed by atoms with Crippen molar-refractivity contribution in [1.82, 2.24) is 21.3 Å². The van der Waals surface area contributed by atoms with Crippen LogP contribution < -0.4 is 21.3 Å². The molecule has 24 heteroatoms. The van der Waals surface area contributed by atoms with Crippen LogP contribution in [0, 0.1) is 51.4 Å². The highest BCUT2D eigenvalue weighted by atomic mass is 35.5. The Kier molecular flexibility index (Phi) is 34.4. The summed E-state index contributed by atoms with van der Waals surface area (Å²) in [6.45, 7) is 27.6. The van der Waals surface area contributed by atoms with Gasteiger partial charge in [0.25, 0.3) is 0 Å². The molecule has 0 fully saturated rings. The Morgan fingerprint density at radius 3 is 0.554 bits per heavy atom. The molecule has 0 aliphatic heterocycles. The third kappa shape index (κ3) is 20.3. The highest BCUT2D eigenvalue weighted by Crippen LogP contribution is 2.57. The first-order chi connectivity index (χ1) is 51.4. The highest BCUT2D eigenvalue weighted by Gasteiger charge is 2.41. The number of carbonyl (C=O) groups excluding carboxylic acids is 4. The zero-order valence-corrected chi connectivity index (χ0v) is 69.9. The number of hydrogen-bond acceptors (Lipinski definition) is 20. The lowest BCUT2D eigenvalue weighted by Crippen LogP contribution is -2.41. The largest absolute Gasteiger partial charge is 0.507 e. The number of aryl methyl sites for hydroxylation is 4. The van der Waals surface area contributed by atoms with E-state index in [0.717, 1.165) is 22.3 Å². The van der Waals surface area contributed by atoms with Crippen molar-refractivity contribution < 1.29 is 79.0 Å². The summed E-state index contributed by atoms with van der Waals surface area (Å²) in [4.78, 5) is 56.0. The van der Waals surface area contributed by atoms with Crippen molar-refractivity contribution in [3.05, 3.63) is 233 Å². The van der Waals surface area contributed by atoms with Gasteiger partial charge in [0.15, 0.2) is 0 Å². The number of fused-ring (bicyclic) bond motifs is 8. The van der Waals surface area contributed by atoms with E-state index in [1.807, 2.05) is 180 Å². The zero-order valence-electron chi connectivity index (χ0n) is 66.6. The van der Waals surface area contributed by atoms with E-state index in [0.29, 0.717) is 22.3 Å². The molecule has 0 radical (unpaired) electrons. The van der Waals surface area contributed by atoms with Gasteiger partial charge in [0, 0.05) is 94.4 Å². The van der Waals surface area contributed by atoms with E-state index in [1.165, 1.54) is 0 Å². The zero-order chi connectivity index (χ0) is 78.9. The molecule has 112 heavy (non-hydrogen) atoms. The van der Waals surface area contributed by atoms with Crippen LogP contribution in [-0.4, -0.2) is 115 Å². The summed E-state index contributed by atoms with van der Waals surface area (Å²) in [5, 5.41) is 124. The van der Waals surface area contributed by atoms with Crippen molar-refractivity contribution in [2.45, 2.75) is 185 Å². The fourth-order valence-corrected chi connectivity index (χ4v) is 14.8. The second-order valence-electron chi connectivity index (χ2n) is 29.7. The fraction of sp³-hybridized carbons (Fsp3) is 0.409. The Balaban J connectivity index is 0.00000561. The molecule has 0 amide bonds. The van der Waals surface area contributed by atoms with Gasteiger partial charge in [-0.1, -0.05) is 175 Å². The topological polar surface area (TPSA) is 315 Å². The number of benzene rings is 8. The molecular formula is C88H112Cl4N4O16. The quantitative estimate of drug-likeness (QED) is 0.0160. The lowest BCUT2D eigenvalue weighted by atomic mass is 9.73. The maximum absolute atomic E-state index is 14.0. The van der Waals surface area contributed by atoms with Crippen LogP contribution in [0.5, 0.6) is 46.0 Å². The van der Waals surface area contributed by atoms with Gasteiger partial charge in [-0.25, -0.2) is 0 Å². The van der Waals surface area contributed by atoms with Crippen molar-refractivity contribution in [3.63, 3.8) is 0 Å². The summed E-state index contributed by atoms with van der Waals surface area (Å²) in [5.74, 6) is -13.2. The molecule has 12 N–H and O–H groups in total. The number of nitrogens with one attached hydrogen (secondary N) is 4. The predicted molar refractivity (Wildman–Crippen MR) is 445 cm³/mol. The van der Waals surface area contributed by atoms with E-state index in [9.17, 15) is 60.0 Å². The molecule has 20 nitrogen and oxygen atoms in total. The number of halogens is 4. The Morgan fingerprint density at radius 1 is 0.286 bits per heavy atom. The van der Waals surface area contributed by atoms with Crippen LogP contribution in [0.4, 0.5) is 0 Å². The minimum Gasteiger partial charge on any atom is -0.507 e. The number of rotatable bonds is 28. The first-order valence-electron chi connectivity index (χ1n) is 37.6. The molecule has 8 aromatic carbocycles. The van der Waals surface area contributed by atoms with Crippen molar-refractivity contribution in [2.24, 2.45) is 23.7 Å². The standard InChI is InChI=1S/C88H108N4O16.4ClH/c1-17-105-85(101)73(45(5)6)89-41-65-77(93)57-37-58(78(65)94)70(54-31-23-50(14)24-32-54)60-39-62(82(98)67(80(60)96)43-91-75(47(9)10)87(103)107-19-3)72(56-35-27-52(16)28-36-56)64-40-63(83(99)68(84(64)100)44-92-76(48(11)12)88(104)108-20-4)71(55-33-25-51(15)26-34-55)61-38-59(69(57)53-29-21-49(13)22-30-53)79(95)66(81(61)97)42-90-74(46(7)8)86(102)106-18-2;;;;/h21-40,45-48,69-76,89-100H,17-20,41-44H2,1-16H3;4*1H. The molecule has 0 aromatic heterocycles. The molecule has 4 atom stereocenters. The van der Waals surface area contributed by atoms with Crippen LogP contribution in [0.1, 0.15) is 218 Å². The summed E-state index contributed by atoms with van der Waals surface area (Å²) >= 11 is 0. The van der Waals surface area contributed by atoms with Gasteiger partial charge in [0.05, 0.1) is 48.7 Å². The smallest absolute Gasteiger partial charge is 0.323 e. The minimum atomic E-state index is -1.32. The third-order valence-corrected chi connectivity index (χ3v) is 20.7. The summed E-state index contributed by atoms with van der Waals surface area (Å²) in [6.07, 6.45) is 0. The number of phenolic OH excluding ortho intramolecular Hbond substituents is 8. The molecule has 4 unspecified atom stereocenters. The number of esters is 4. The predicted octanol–water partition coefficient (Wildman–Crippen LogP) is 16.0. The van der Waals surface area contributed by atoms with Gasteiger partial charge in [-0.15, -0.1) is 49.6 Å². The number of carbonyl (C=O) groups is 4. The SMILES string of the molecule is CCOC(=O)C(NCc1c(O)c2cc(c1O)C(c1ccc(C)cc1)c1cc(c(O)c(CNC(C(=O)OCC)C(C)C)c1O)C(c1ccc(C)cc1)c1cc(c(O)c(CNC(C(=O)OCC)C(C)C)c1O)C(c1ccc(C)cc1)c1cc(c(O)c(CNC(C(=O)OCC)C(C)C)c1O)C2c1ccc(C)cc1)C(C)C.Cl.Cl.Cl.Cl. The molecular weight excluding hydrogens is 1510 g/mol. The van der Waals surface area contributed by atoms with Gasteiger partial charge in [-0.2, -0.15) is 0 Å². The molecule has 608 valence electrons. The summed E-state index contributed by atoms with van der Waals surface area (Å²) in [5.41, 5.74) is 5.19. The number of phenols is 8. The van der Waals surface area contributed by atoms with E-state index in [4.69, 9.17) is 18.9 Å². The van der Waals surface area contributed by atoms with Gasteiger partial charge >= 0.3 is 23.9 Å². The summed E-state index contributed by atoms with van der Waals surface area (Å²) in [6, 6.07) is 31.9. The minimum absolute atomic E-state index is 0. The Labute approximate surface area is 683 Å². The van der Waals surface area contributed by atoms with Gasteiger partial charge in [0.2, 0.25) is 0 Å². The number of hydrogen-bond donors (Lipinski definition) is 12. The first-order valence-corrected chi connectivity index (χ1v) is 37.6. The van der Waals surface area contributed by atoms with Gasteiger partial charge < -0.3 is 59.8 Å². The maximum atomic E-state index is 14.0. The molecule has 9 rings (SSSR count). The molecule has 0 heterocycles. The lowest BCUT2D eigenvalue weighted by molar-refractivity contribution is -0.147. The summed E-state index contributed by atoms with van der Waals surface area (Å²) in [7, 11) is 0. The average Bonchev–Trinajstić information content (AvgIpc) is 0.726. The molecule has 8 aromatic rings. The van der Waals surface area contributed by atoms with Crippen LogP contribution >= 0.6 is 49.6 Å². The van der Waals surface area contributed by atoms with E-state index < -0.39 is 168 Å². The average molecular weight is 1620 g/mol. The van der Waals surface area contributed by atoms with Crippen molar-refractivity contribution in [3.8, 4) is 46.0 Å². The molecule has 8 bridgehead atoms. The first kappa shape index (κ1) is 93.6. The third-order valence-electron chi connectivity index (χ3n) is 20.7. The van der Waals surface area contributed by atoms with E-state index in [1.54, 1.807) is 52.0 Å². The van der Waals surface area contributed by atoms with Crippen LogP contribution in [0.2, 0.25) is 0 Å². The van der Waals surface area contributed by atoms with Crippen LogP contribution in [-0.2, 0) is 64.3 Å². The Bertz CT molecular complexity index is 3850. The van der Waals surface area contributed by atoms with E-state index >= 15 is 0 Å². The Hall–Kier alpha value is -8.96. The van der Waals surface area contributed by atoms with Gasteiger partial charge in [-0.05, 0) is 126 Å². The number of aromatic hydroxyl groups is 8. The fourth-order valence-electron chi connectivity index (χ4n) is 14.8. The van der Waals surface area contributed by atoms with Crippen LogP contribution in [0.15, 0.2) is 121 Å².